The van der Waals surface area contributed by atoms with Crippen molar-refractivity contribution in [3.05, 3.63) is 158 Å². The zero-order chi connectivity index (χ0) is 34.2. The van der Waals surface area contributed by atoms with E-state index in [0.29, 0.717) is 17.5 Å². The maximum absolute atomic E-state index is 6.43. The van der Waals surface area contributed by atoms with Crippen LogP contribution in [0.4, 0.5) is 0 Å². The molecule has 0 spiro atoms. The van der Waals surface area contributed by atoms with Gasteiger partial charge in [0.05, 0.1) is 0 Å². The molecular weight excluding hydrogens is 641 g/mol. The number of aromatic nitrogens is 4. The SMILES string of the molecule is c1ccc(-c2nc(-c3ccc(-c4cccc5oc6cc7cnccc7cc6c45)c4ccccc34)nc(-c3cccc4oc5ccccc5c34)n2)cc1. The highest BCUT2D eigenvalue weighted by molar-refractivity contribution is 6.18. The molecule has 0 aliphatic carbocycles. The largest absolute Gasteiger partial charge is 0.456 e. The Labute approximate surface area is 296 Å². The molecule has 4 aromatic heterocycles. The highest BCUT2D eigenvalue weighted by Crippen LogP contribution is 2.43. The topological polar surface area (TPSA) is 77.8 Å². The van der Waals surface area contributed by atoms with Gasteiger partial charge in [-0.1, -0.05) is 103 Å². The monoisotopic (exact) mass is 666 g/mol. The van der Waals surface area contributed by atoms with Gasteiger partial charge < -0.3 is 8.83 Å². The smallest absolute Gasteiger partial charge is 0.164 e. The molecule has 7 aromatic carbocycles. The van der Waals surface area contributed by atoms with E-state index in [1.807, 2.05) is 85.2 Å². The summed E-state index contributed by atoms with van der Waals surface area (Å²) >= 11 is 0. The lowest BCUT2D eigenvalue weighted by molar-refractivity contribution is 0.669. The molecule has 0 aliphatic rings. The lowest BCUT2D eigenvalue weighted by atomic mass is 9.92. The van der Waals surface area contributed by atoms with E-state index in [9.17, 15) is 0 Å². The molecule has 0 N–H and O–H groups in total. The second-order valence-electron chi connectivity index (χ2n) is 13.0. The van der Waals surface area contributed by atoms with Crippen LogP contribution in [0.3, 0.4) is 0 Å². The molecule has 0 radical (unpaired) electrons. The summed E-state index contributed by atoms with van der Waals surface area (Å²) in [5.74, 6) is 1.80. The first-order chi connectivity index (χ1) is 25.8. The van der Waals surface area contributed by atoms with Crippen LogP contribution < -0.4 is 0 Å². The maximum Gasteiger partial charge on any atom is 0.164 e. The van der Waals surface area contributed by atoms with E-state index in [2.05, 4.69) is 77.8 Å². The number of nitrogens with zero attached hydrogens (tertiary/aromatic N) is 4. The van der Waals surface area contributed by atoms with Gasteiger partial charge in [0.1, 0.15) is 22.3 Å². The fraction of sp³-hybridized carbons (Fsp3) is 0. The van der Waals surface area contributed by atoms with Crippen LogP contribution in [0, 0.1) is 0 Å². The number of hydrogen-bond acceptors (Lipinski definition) is 6. The summed E-state index contributed by atoms with van der Waals surface area (Å²) in [4.78, 5) is 19.7. The molecule has 4 heterocycles. The Morgan fingerprint density at radius 1 is 0.365 bits per heavy atom. The van der Waals surface area contributed by atoms with Crippen molar-refractivity contribution < 1.29 is 8.83 Å². The molecule has 242 valence electrons. The van der Waals surface area contributed by atoms with Crippen LogP contribution in [-0.2, 0) is 0 Å². The lowest BCUT2D eigenvalue weighted by Gasteiger charge is -2.14. The number of hydrogen-bond donors (Lipinski definition) is 0. The summed E-state index contributed by atoms with van der Waals surface area (Å²) in [7, 11) is 0. The average molecular weight is 667 g/mol. The average Bonchev–Trinajstić information content (AvgIpc) is 3.78. The van der Waals surface area contributed by atoms with Crippen LogP contribution >= 0.6 is 0 Å². The zero-order valence-corrected chi connectivity index (χ0v) is 27.6. The number of para-hydroxylation sites is 1. The van der Waals surface area contributed by atoms with Gasteiger partial charge in [-0.15, -0.1) is 0 Å². The van der Waals surface area contributed by atoms with Crippen molar-refractivity contribution in [1.82, 2.24) is 19.9 Å². The van der Waals surface area contributed by atoms with E-state index in [1.165, 1.54) is 0 Å². The Hall–Kier alpha value is -7.18. The molecule has 0 atom stereocenters. The molecule has 0 saturated carbocycles. The quantitative estimate of drug-likeness (QED) is 0.186. The van der Waals surface area contributed by atoms with Crippen molar-refractivity contribution >= 4 is 65.4 Å². The van der Waals surface area contributed by atoms with Gasteiger partial charge in [-0.2, -0.15) is 0 Å². The zero-order valence-electron chi connectivity index (χ0n) is 27.6. The molecule has 0 unspecified atom stereocenters. The molecule has 52 heavy (non-hydrogen) atoms. The fourth-order valence-electron chi connectivity index (χ4n) is 7.65. The Kier molecular flexibility index (Phi) is 6.15. The van der Waals surface area contributed by atoms with Gasteiger partial charge in [-0.3, -0.25) is 4.98 Å². The molecule has 0 aliphatic heterocycles. The molecule has 0 saturated heterocycles. The molecule has 0 bridgehead atoms. The molecule has 6 heteroatoms. The van der Waals surface area contributed by atoms with Gasteiger partial charge in [0, 0.05) is 56.0 Å². The van der Waals surface area contributed by atoms with Crippen LogP contribution in [0.5, 0.6) is 0 Å². The fourth-order valence-corrected chi connectivity index (χ4v) is 7.65. The van der Waals surface area contributed by atoms with Crippen molar-refractivity contribution in [2.45, 2.75) is 0 Å². The summed E-state index contributed by atoms with van der Waals surface area (Å²) in [6, 6.07) is 49.7. The molecule has 11 rings (SSSR count). The lowest BCUT2D eigenvalue weighted by Crippen LogP contribution is -2.01. The molecule has 0 fully saturated rings. The highest BCUT2D eigenvalue weighted by Gasteiger charge is 2.21. The van der Waals surface area contributed by atoms with E-state index in [1.54, 1.807) is 0 Å². The normalized spacial score (nSPS) is 11.8. The second kappa shape index (κ2) is 11.2. The Balaban J connectivity index is 1.15. The molecule has 0 amide bonds. The molecule has 11 aromatic rings. The van der Waals surface area contributed by atoms with E-state index >= 15 is 0 Å². The predicted octanol–water partition coefficient (Wildman–Crippen LogP) is 12.0. The van der Waals surface area contributed by atoms with Crippen LogP contribution in [-0.4, -0.2) is 19.9 Å². The predicted molar refractivity (Wildman–Crippen MR) is 209 cm³/mol. The van der Waals surface area contributed by atoms with Crippen molar-refractivity contribution in [3.63, 3.8) is 0 Å². The maximum atomic E-state index is 6.43. The molecular formula is C46H26N4O2. The first-order valence-corrected chi connectivity index (χ1v) is 17.2. The number of pyridine rings is 1. The van der Waals surface area contributed by atoms with Gasteiger partial charge >= 0.3 is 0 Å². The van der Waals surface area contributed by atoms with Crippen LogP contribution in [0.25, 0.3) is 111 Å². The Morgan fingerprint density at radius 3 is 1.81 bits per heavy atom. The number of rotatable bonds is 4. The molecule has 6 nitrogen and oxygen atoms in total. The third-order valence-corrected chi connectivity index (χ3v) is 10.0. The minimum absolute atomic E-state index is 0.589. The van der Waals surface area contributed by atoms with Crippen molar-refractivity contribution in [3.8, 4) is 45.3 Å². The summed E-state index contributed by atoms with van der Waals surface area (Å²) in [6.07, 6.45) is 3.71. The van der Waals surface area contributed by atoms with Crippen LogP contribution in [0.15, 0.2) is 167 Å². The van der Waals surface area contributed by atoms with Gasteiger partial charge in [0.2, 0.25) is 0 Å². The third kappa shape index (κ3) is 4.38. The Morgan fingerprint density at radius 2 is 0.981 bits per heavy atom. The summed E-state index contributed by atoms with van der Waals surface area (Å²) in [5.41, 5.74) is 8.26. The van der Waals surface area contributed by atoms with E-state index in [0.717, 1.165) is 93.2 Å². The van der Waals surface area contributed by atoms with Crippen LogP contribution in [0.1, 0.15) is 0 Å². The van der Waals surface area contributed by atoms with Crippen LogP contribution in [0.2, 0.25) is 0 Å². The van der Waals surface area contributed by atoms with E-state index in [4.69, 9.17) is 23.8 Å². The minimum atomic E-state index is 0.589. The summed E-state index contributed by atoms with van der Waals surface area (Å²) in [6.45, 7) is 0. The highest BCUT2D eigenvalue weighted by atomic mass is 16.3. The van der Waals surface area contributed by atoms with Gasteiger partial charge in [-0.05, 0) is 69.8 Å². The second-order valence-corrected chi connectivity index (χ2v) is 13.0. The van der Waals surface area contributed by atoms with Crippen molar-refractivity contribution in [2.75, 3.05) is 0 Å². The first kappa shape index (κ1) is 28.6. The van der Waals surface area contributed by atoms with Crippen molar-refractivity contribution in [1.29, 1.82) is 0 Å². The first-order valence-electron chi connectivity index (χ1n) is 17.2. The van der Waals surface area contributed by atoms with Gasteiger partial charge in [-0.25, -0.2) is 15.0 Å². The third-order valence-electron chi connectivity index (χ3n) is 10.0. The standard InChI is InChI=1S/C46H26N4O2/c1-2-10-27(11-3-1)44-48-45(50-46(49-44)36-16-9-19-40-43(36)35-14-6-7-17-38(35)51-40)34-21-20-32(30-12-4-5-13-31(30)34)33-15-8-18-39-42(33)37-24-28-22-23-47-26-29(28)25-41(37)52-39/h1-26H. The van der Waals surface area contributed by atoms with E-state index < -0.39 is 0 Å². The minimum Gasteiger partial charge on any atom is -0.456 e. The number of fused-ring (bicyclic) bond motifs is 8. The number of benzene rings is 7. The summed E-state index contributed by atoms with van der Waals surface area (Å²) in [5, 5.41) is 8.49. The van der Waals surface area contributed by atoms with Crippen molar-refractivity contribution in [2.24, 2.45) is 0 Å². The van der Waals surface area contributed by atoms with Gasteiger partial charge in [0.25, 0.3) is 0 Å². The Bertz CT molecular complexity index is 3200. The number of furan rings is 2. The van der Waals surface area contributed by atoms with E-state index in [-0.39, 0.29) is 0 Å². The summed E-state index contributed by atoms with van der Waals surface area (Å²) < 4.78 is 12.7. The van der Waals surface area contributed by atoms with Gasteiger partial charge in [0.15, 0.2) is 17.5 Å².